The maximum Gasteiger partial charge on any atom is 0.425 e. The van der Waals surface area contributed by atoms with Crippen LogP contribution in [0.15, 0.2) is 66.4 Å². The van der Waals surface area contributed by atoms with Crippen LogP contribution in [0.1, 0.15) is 62.4 Å². The minimum atomic E-state index is -4.63. The van der Waals surface area contributed by atoms with E-state index in [1.54, 1.807) is 28.5 Å². The highest BCUT2D eigenvalue weighted by Gasteiger charge is 2.44. The number of aromatic nitrogens is 2. The van der Waals surface area contributed by atoms with Crippen molar-refractivity contribution >= 4 is 59.3 Å². The molecule has 1 saturated heterocycles. The highest BCUT2D eigenvalue weighted by Crippen LogP contribution is 2.45. The van der Waals surface area contributed by atoms with E-state index in [9.17, 15) is 18.0 Å². The van der Waals surface area contributed by atoms with E-state index in [1.165, 1.54) is 16.7 Å². The number of nitrogens with zero attached hydrogens (tertiary/aromatic N) is 5. The number of alkyl halides is 3. The topological polar surface area (TPSA) is 72.3 Å². The fraction of sp³-hybridized carbons (Fsp3) is 0.511. The van der Waals surface area contributed by atoms with Gasteiger partial charge in [0.25, 0.3) is 0 Å². The number of hydrogen-bond acceptors (Lipinski definition) is 8. The minimum absolute atomic E-state index is 0.0591. The SMILES string of the molecule is CCOC(=O)c1ccc(N2CCN(CC3=C(c4ccc(Cl)cc4)CC(C)(C)CC3)CC2)cc1N1CCC(C(F)(F)F)Oc2nc3c(ccn3COCC[Si](C)(C)C)cc21. The fourth-order valence-corrected chi connectivity index (χ4v) is 9.15. The third kappa shape index (κ3) is 10.3. The molecule has 14 heteroatoms. The van der Waals surface area contributed by atoms with Crippen molar-refractivity contribution in [1.82, 2.24) is 14.5 Å². The Morgan fingerprint density at radius 3 is 2.44 bits per heavy atom. The van der Waals surface area contributed by atoms with E-state index in [-0.39, 0.29) is 43.2 Å². The van der Waals surface area contributed by atoms with Crippen molar-refractivity contribution < 1.29 is 32.2 Å². The molecule has 1 unspecified atom stereocenters. The van der Waals surface area contributed by atoms with Gasteiger partial charge in [-0.3, -0.25) is 4.90 Å². The molecule has 2 aromatic heterocycles. The first kappa shape index (κ1) is 43.1. The van der Waals surface area contributed by atoms with Crippen LogP contribution >= 0.6 is 11.6 Å². The molecule has 0 radical (unpaired) electrons. The van der Waals surface area contributed by atoms with Gasteiger partial charge in [0.1, 0.15) is 18.1 Å². The third-order valence-electron chi connectivity index (χ3n) is 11.7. The van der Waals surface area contributed by atoms with Crippen molar-refractivity contribution in [3.05, 3.63) is 82.5 Å². The quantitative estimate of drug-likeness (QED) is 0.0793. The lowest BCUT2D eigenvalue weighted by Gasteiger charge is -2.39. The molecule has 318 valence electrons. The number of esters is 1. The van der Waals surface area contributed by atoms with Gasteiger partial charge in [-0.1, -0.05) is 62.8 Å². The Morgan fingerprint density at radius 1 is 1.00 bits per heavy atom. The number of fused-ring (bicyclic) bond motifs is 2. The van der Waals surface area contributed by atoms with E-state index >= 15 is 0 Å². The Hall–Kier alpha value is -4.04. The van der Waals surface area contributed by atoms with E-state index in [0.29, 0.717) is 23.6 Å². The molecular weight excluding hydrogens is 795 g/mol. The van der Waals surface area contributed by atoms with Gasteiger partial charge in [-0.2, -0.15) is 18.2 Å². The Labute approximate surface area is 352 Å². The summed E-state index contributed by atoms with van der Waals surface area (Å²) >= 11 is 6.25. The number of anilines is 3. The zero-order chi connectivity index (χ0) is 42.1. The summed E-state index contributed by atoms with van der Waals surface area (Å²) in [4.78, 5) is 24.8. The minimum Gasteiger partial charge on any atom is -0.463 e. The lowest BCUT2D eigenvalue weighted by Crippen LogP contribution is -2.47. The van der Waals surface area contributed by atoms with E-state index in [4.69, 9.17) is 30.8 Å². The molecule has 1 atom stereocenters. The molecule has 59 heavy (non-hydrogen) atoms. The van der Waals surface area contributed by atoms with E-state index in [1.807, 2.05) is 36.5 Å². The molecule has 7 rings (SSSR count). The number of benzene rings is 2. The van der Waals surface area contributed by atoms with Crippen LogP contribution in [0.4, 0.5) is 30.2 Å². The molecule has 0 spiro atoms. The molecule has 4 aromatic rings. The molecule has 0 amide bonds. The van der Waals surface area contributed by atoms with Crippen LogP contribution in [-0.2, 0) is 16.2 Å². The lowest BCUT2D eigenvalue weighted by atomic mass is 9.72. The zero-order valence-electron chi connectivity index (χ0n) is 35.1. The maximum absolute atomic E-state index is 14.4. The summed E-state index contributed by atoms with van der Waals surface area (Å²) in [5.74, 6) is -0.694. The van der Waals surface area contributed by atoms with Gasteiger partial charge in [0.2, 0.25) is 5.88 Å². The number of pyridine rings is 1. The second kappa shape index (κ2) is 17.5. The molecule has 0 N–H and O–H groups in total. The zero-order valence-corrected chi connectivity index (χ0v) is 36.9. The molecule has 2 aliphatic heterocycles. The van der Waals surface area contributed by atoms with Crippen LogP contribution in [0.25, 0.3) is 16.6 Å². The first-order chi connectivity index (χ1) is 28.0. The summed E-state index contributed by atoms with van der Waals surface area (Å²) < 4.78 is 62.3. The fourth-order valence-electron chi connectivity index (χ4n) is 8.27. The molecular formula is C45H57ClF3N5O4Si. The average molecular weight is 853 g/mol. The first-order valence-electron chi connectivity index (χ1n) is 20.8. The van der Waals surface area contributed by atoms with Crippen LogP contribution in [0.2, 0.25) is 30.7 Å². The highest BCUT2D eigenvalue weighted by molar-refractivity contribution is 6.76. The number of carbonyl (C=O) groups excluding carboxylic acids is 1. The van der Waals surface area contributed by atoms with Crippen molar-refractivity contribution in [3.63, 3.8) is 0 Å². The molecule has 4 heterocycles. The van der Waals surface area contributed by atoms with Gasteiger partial charge in [-0.25, -0.2) is 4.79 Å². The van der Waals surface area contributed by atoms with Crippen molar-refractivity contribution in [2.45, 2.75) is 91.2 Å². The maximum atomic E-state index is 14.4. The molecule has 1 fully saturated rings. The van der Waals surface area contributed by atoms with Gasteiger partial charge in [0.05, 0.1) is 17.9 Å². The molecule has 1 aliphatic carbocycles. The van der Waals surface area contributed by atoms with Crippen LogP contribution in [0, 0.1) is 5.41 Å². The predicted octanol–water partition coefficient (Wildman–Crippen LogP) is 10.8. The van der Waals surface area contributed by atoms with Crippen molar-refractivity contribution in [2.24, 2.45) is 5.41 Å². The van der Waals surface area contributed by atoms with Crippen LogP contribution in [0.3, 0.4) is 0 Å². The van der Waals surface area contributed by atoms with Crippen molar-refractivity contribution in [1.29, 1.82) is 0 Å². The number of piperazine rings is 1. The van der Waals surface area contributed by atoms with E-state index in [0.717, 1.165) is 74.1 Å². The summed E-state index contributed by atoms with van der Waals surface area (Å²) in [5, 5.41) is 1.45. The number of carbonyl (C=O) groups is 1. The van der Waals surface area contributed by atoms with Crippen molar-refractivity contribution in [2.75, 3.05) is 62.3 Å². The summed E-state index contributed by atoms with van der Waals surface area (Å²) in [6.07, 6.45) is -2.03. The number of ether oxygens (including phenoxy) is 3. The summed E-state index contributed by atoms with van der Waals surface area (Å²) in [5.41, 5.74) is 6.78. The van der Waals surface area contributed by atoms with Gasteiger partial charge in [0, 0.05) is 82.7 Å². The molecule has 0 saturated carbocycles. The second-order valence-corrected chi connectivity index (χ2v) is 24.1. The standard InChI is InChI=1S/C45H57ClF3N5O4Si/c1-7-57-43(55)36-13-12-35(52-22-20-51(21-23-52)29-33-14-17-44(2,3)28-37(33)31-8-10-34(46)11-9-31)27-38(36)54-19-16-40(45(47,48)49)58-42-39(54)26-32-15-18-53(41(32)50-42)30-56-24-25-59(4,5)6/h8-13,15,18,26-27,40H,7,14,16-17,19-25,28-30H2,1-6H3. The Bertz CT molecular complexity index is 2160. The lowest BCUT2D eigenvalue weighted by molar-refractivity contribution is -0.195. The number of hydrogen-bond donors (Lipinski definition) is 0. The smallest absolute Gasteiger partial charge is 0.425 e. The van der Waals surface area contributed by atoms with Crippen molar-refractivity contribution in [3.8, 4) is 5.88 Å². The highest BCUT2D eigenvalue weighted by atomic mass is 35.5. The summed E-state index contributed by atoms with van der Waals surface area (Å²) in [6.45, 7) is 18.2. The summed E-state index contributed by atoms with van der Waals surface area (Å²) in [7, 11) is -1.31. The number of halogens is 4. The largest absolute Gasteiger partial charge is 0.463 e. The van der Waals surface area contributed by atoms with E-state index < -0.39 is 26.3 Å². The van der Waals surface area contributed by atoms with Gasteiger partial charge in [-0.15, -0.1) is 0 Å². The molecule has 2 aromatic carbocycles. The van der Waals surface area contributed by atoms with Gasteiger partial charge >= 0.3 is 12.1 Å². The third-order valence-corrected chi connectivity index (χ3v) is 13.7. The van der Waals surface area contributed by atoms with Gasteiger partial charge in [0.15, 0.2) is 6.10 Å². The second-order valence-electron chi connectivity index (χ2n) is 18.1. The normalized spacial score (nSPS) is 19.1. The molecule has 0 bridgehead atoms. The Balaban J connectivity index is 1.17. The van der Waals surface area contributed by atoms with Gasteiger partial charge < -0.3 is 28.6 Å². The Kier molecular flexibility index (Phi) is 12.8. The Morgan fingerprint density at radius 2 is 1.75 bits per heavy atom. The van der Waals surface area contributed by atoms with Crippen LogP contribution < -0.4 is 14.5 Å². The summed E-state index contributed by atoms with van der Waals surface area (Å²) in [6, 6.07) is 18.4. The first-order valence-corrected chi connectivity index (χ1v) is 24.9. The molecule has 9 nitrogen and oxygen atoms in total. The average Bonchev–Trinajstić information content (AvgIpc) is 3.46. The van der Waals surface area contributed by atoms with Gasteiger partial charge in [-0.05, 0) is 91.2 Å². The number of rotatable bonds is 12. The monoisotopic (exact) mass is 851 g/mol. The molecule has 3 aliphatic rings. The number of allylic oxidation sites excluding steroid dienone is 1. The van der Waals surface area contributed by atoms with Crippen LogP contribution in [0.5, 0.6) is 5.88 Å². The van der Waals surface area contributed by atoms with E-state index in [2.05, 4.69) is 55.4 Å². The predicted molar refractivity (Wildman–Crippen MR) is 233 cm³/mol. The van der Waals surface area contributed by atoms with Crippen LogP contribution in [-0.4, -0.2) is 93.3 Å².